The smallest absolute Gasteiger partial charge is 0.240 e. The fraction of sp³-hybridized carbons (Fsp3) is 0.227. The van der Waals surface area contributed by atoms with E-state index in [-0.39, 0.29) is 12.0 Å². The molecule has 144 valence electrons. The van der Waals surface area contributed by atoms with Gasteiger partial charge in [0.2, 0.25) is 10.0 Å². The second kappa shape index (κ2) is 8.22. The van der Waals surface area contributed by atoms with Crippen LogP contribution in [-0.4, -0.2) is 37.4 Å². The first kappa shape index (κ1) is 18.8. The van der Waals surface area contributed by atoms with Crippen molar-refractivity contribution in [2.75, 3.05) is 13.1 Å². The van der Waals surface area contributed by atoms with E-state index in [9.17, 15) is 8.42 Å². The summed E-state index contributed by atoms with van der Waals surface area (Å²) < 4.78 is 28.7. The van der Waals surface area contributed by atoms with E-state index >= 15 is 0 Å². The lowest BCUT2D eigenvalue weighted by Crippen LogP contribution is -2.39. The molecule has 2 aromatic carbocycles. The summed E-state index contributed by atoms with van der Waals surface area (Å²) in [7, 11) is -3.58. The van der Waals surface area contributed by atoms with E-state index in [1.165, 1.54) is 5.56 Å². The normalized spacial score (nSPS) is 20.3. The first-order valence-corrected chi connectivity index (χ1v) is 10.8. The van der Waals surface area contributed by atoms with Crippen molar-refractivity contribution in [2.24, 2.45) is 0 Å². The van der Waals surface area contributed by atoms with Gasteiger partial charge >= 0.3 is 0 Å². The fourth-order valence-electron chi connectivity index (χ4n) is 3.78. The van der Waals surface area contributed by atoms with Gasteiger partial charge in [-0.1, -0.05) is 54.6 Å². The molecule has 5 nitrogen and oxygen atoms in total. The SMILES string of the molecule is O=S(=O)(NC1CN(Cc2ccccc2)CC1c1cccnc1)c1ccccc1. The summed E-state index contributed by atoms with van der Waals surface area (Å²) in [6, 6.07) is 22.5. The van der Waals surface area contributed by atoms with Crippen LogP contribution in [0.25, 0.3) is 0 Å². The molecule has 0 radical (unpaired) electrons. The molecule has 1 N–H and O–H groups in total. The van der Waals surface area contributed by atoms with Gasteiger partial charge in [0.05, 0.1) is 4.90 Å². The van der Waals surface area contributed by atoms with Gasteiger partial charge in [-0.3, -0.25) is 9.88 Å². The maximum atomic E-state index is 12.9. The number of benzene rings is 2. The summed E-state index contributed by atoms with van der Waals surface area (Å²) in [6.07, 6.45) is 3.57. The molecule has 4 rings (SSSR count). The Morgan fingerprint density at radius 2 is 1.64 bits per heavy atom. The average Bonchev–Trinajstić information content (AvgIpc) is 3.11. The number of likely N-dealkylation sites (tertiary alicyclic amines) is 1. The molecule has 0 saturated carbocycles. The Bertz CT molecular complexity index is 996. The molecule has 1 aliphatic heterocycles. The minimum atomic E-state index is -3.58. The minimum absolute atomic E-state index is 0.0518. The maximum Gasteiger partial charge on any atom is 0.240 e. The number of pyridine rings is 1. The lowest BCUT2D eigenvalue weighted by atomic mass is 9.97. The van der Waals surface area contributed by atoms with Gasteiger partial charge in [0.25, 0.3) is 0 Å². The second-order valence-electron chi connectivity index (χ2n) is 7.11. The van der Waals surface area contributed by atoms with Crippen LogP contribution in [0.5, 0.6) is 0 Å². The van der Waals surface area contributed by atoms with Crippen LogP contribution >= 0.6 is 0 Å². The van der Waals surface area contributed by atoms with Crippen molar-refractivity contribution in [3.05, 3.63) is 96.3 Å². The van der Waals surface area contributed by atoms with Crippen LogP contribution in [0.15, 0.2) is 90.1 Å². The van der Waals surface area contributed by atoms with Gasteiger partial charge in [0.15, 0.2) is 0 Å². The number of hydrogen-bond donors (Lipinski definition) is 1. The Hall–Kier alpha value is -2.54. The number of nitrogens with zero attached hydrogens (tertiary/aromatic N) is 2. The molecule has 1 fully saturated rings. The second-order valence-corrected chi connectivity index (χ2v) is 8.83. The fourth-order valence-corrected chi connectivity index (χ4v) is 5.06. The van der Waals surface area contributed by atoms with E-state index in [0.717, 1.165) is 18.7 Å². The van der Waals surface area contributed by atoms with Crippen molar-refractivity contribution in [3.8, 4) is 0 Å². The summed E-state index contributed by atoms with van der Waals surface area (Å²) in [5.41, 5.74) is 2.28. The van der Waals surface area contributed by atoms with Crippen LogP contribution in [0.1, 0.15) is 17.0 Å². The van der Waals surface area contributed by atoms with Gasteiger partial charge in [-0.05, 0) is 29.3 Å². The van der Waals surface area contributed by atoms with Crippen molar-refractivity contribution in [1.82, 2.24) is 14.6 Å². The van der Waals surface area contributed by atoms with Gasteiger partial charge in [-0.2, -0.15) is 0 Å². The maximum absolute atomic E-state index is 12.9. The predicted octanol–water partition coefficient (Wildman–Crippen LogP) is 3.03. The van der Waals surface area contributed by atoms with Crippen molar-refractivity contribution in [2.45, 2.75) is 23.4 Å². The summed E-state index contributed by atoms with van der Waals surface area (Å²) in [6.45, 7) is 2.23. The molecule has 0 amide bonds. The first-order chi connectivity index (χ1) is 13.6. The highest BCUT2D eigenvalue weighted by atomic mass is 32.2. The van der Waals surface area contributed by atoms with Crippen LogP contribution in [0.3, 0.4) is 0 Å². The number of sulfonamides is 1. The Balaban J connectivity index is 1.57. The zero-order valence-corrected chi connectivity index (χ0v) is 16.3. The van der Waals surface area contributed by atoms with Crippen molar-refractivity contribution < 1.29 is 8.42 Å². The van der Waals surface area contributed by atoms with Crippen LogP contribution in [0.4, 0.5) is 0 Å². The molecule has 6 heteroatoms. The molecule has 2 atom stereocenters. The largest absolute Gasteiger partial charge is 0.297 e. The first-order valence-electron chi connectivity index (χ1n) is 9.35. The van der Waals surface area contributed by atoms with E-state index in [0.29, 0.717) is 11.4 Å². The monoisotopic (exact) mass is 393 g/mol. The third-order valence-corrected chi connectivity index (χ3v) is 6.62. The van der Waals surface area contributed by atoms with Crippen LogP contribution in [0, 0.1) is 0 Å². The Kier molecular flexibility index (Phi) is 5.52. The Morgan fingerprint density at radius 3 is 2.32 bits per heavy atom. The lowest BCUT2D eigenvalue weighted by molar-refractivity contribution is 0.322. The topological polar surface area (TPSA) is 62.3 Å². The van der Waals surface area contributed by atoms with Gasteiger partial charge in [-0.15, -0.1) is 0 Å². The van der Waals surface area contributed by atoms with E-state index < -0.39 is 10.0 Å². The lowest BCUT2D eigenvalue weighted by Gasteiger charge is -2.20. The highest BCUT2D eigenvalue weighted by Gasteiger charge is 2.36. The van der Waals surface area contributed by atoms with Gasteiger partial charge in [0.1, 0.15) is 0 Å². The zero-order chi connectivity index (χ0) is 19.4. The number of hydrogen-bond acceptors (Lipinski definition) is 4. The summed E-state index contributed by atoms with van der Waals surface area (Å²) >= 11 is 0. The van der Waals surface area contributed by atoms with E-state index in [1.54, 1.807) is 30.5 Å². The summed E-state index contributed by atoms with van der Waals surface area (Å²) in [5, 5.41) is 0. The minimum Gasteiger partial charge on any atom is -0.297 e. The van der Waals surface area contributed by atoms with Gasteiger partial charge in [0, 0.05) is 44.0 Å². The third-order valence-electron chi connectivity index (χ3n) is 5.12. The van der Waals surface area contributed by atoms with Gasteiger partial charge < -0.3 is 0 Å². The predicted molar refractivity (Wildman–Crippen MR) is 109 cm³/mol. The van der Waals surface area contributed by atoms with Crippen LogP contribution in [-0.2, 0) is 16.6 Å². The number of rotatable bonds is 6. The summed E-state index contributed by atoms with van der Waals surface area (Å²) in [4.78, 5) is 6.82. The molecule has 1 aliphatic rings. The zero-order valence-electron chi connectivity index (χ0n) is 15.5. The number of nitrogens with one attached hydrogen (secondary N) is 1. The highest BCUT2D eigenvalue weighted by molar-refractivity contribution is 7.89. The van der Waals surface area contributed by atoms with Crippen LogP contribution in [0.2, 0.25) is 0 Å². The molecular weight excluding hydrogens is 370 g/mol. The molecule has 3 aromatic rings. The van der Waals surface area contributed by atoms with Gasteiger partial charge in [-0.25, -0.2) is 13.1 Å². The van der Waals surface area contributed by atoms with Crippen LogP contribution < -0.4 is 4.72 Å². The van der Waals surface area contributed by atoms with E-state index in [1.807, 2.05) is 42.6 Å². The third kappa shape index (κ3) is 4.30. The molecule has 1 aromatic heterocycles. The Labute approximate surface area is 166 Å². The molecule has 0 aliphatic carbocycles. The van der Waals surface area contributed by atoms with Crippen molar-refractivity contribution in [3.63, 3.8) is 0 Å². The van der Waals surface area contributed by atoms with Crippen molar-refractivity contribution >= 4 is 10.0 Å². The van der Waals surface area contributed by atoms with E-state index in [4.69, 9.17) is 0 Å². The molecule has 1 saturated heterocycles. The highest BCUT2D eigenvalue weighted by Crippen LogP contribution is 2.29. The van der Waals surface area contributed by atoms with E-state index in [2.05, 4.69) is 26.7 Å². The number of aromatic nitrogens is 1. The quantitative estimate of drug-likeness (QED) is 0.699. The summed E-state index contributed by atoms with van der Waals surface area (Å²) in [5.74, 6) is 0.0518. The molecule has 28 heavy (non-hydrogen) atoms. The standard InChI is InChI=1S/C22H23N3O2S/c26-28(27,20-11-5-2-6-12-20)24-22-17-25(15-18-8-3-1-4-9-18)16-21(22)19-10-7-13-23-14-19/h1-14,21-22,24H,15-17H2. The molecule has 0 bridgehead atoms. The molecule has 2 heterocycles. The average molecular weight is 394 g/mol. The Morgan fingerprint density at radius 1 is 0.929 bits per heavy atom. The molecule has 0 spiro atoms. The molecule has 2 unspecified atom stereocenters. The van der Waals surface area contributed by atoms with Crippen molar-refractivity contribution in [1.29, 1.82) is 0 Å². The molecular formula is C22H23N3O2S.